The second kappa shape index (κ2) is 6.14. The Labute approximate surface area is 128 Å². The smallest absolute Gasteiger partial charge is 0.133 e. The molecule has 0 amide bonds. The van der Waals surface area contributed by atoms with E-state index in [4.69, 9.17) is 4.74 Å². The van der Waals surface area contributed by atoms with Gasteiger partial charge >= 0.3 is 0 Å². The van der Waals surface area contributed by atoms with E-state index in [1.165, 1.54) is 15.6 Å². The Bertz CT molecular complexity index is 689. The van der Waals surface area contributed by atoms with E-state index in [2.05, 4.69) is 80.6 Å². The Morgan fingerprint density at radius 1 is 1.24 bits per heavy atom. The normalized spacial score (nSPS) is 21.0. The Morgan fingerprint density at radius 3 is 2.95 bits per heavy atom. The van der Waals surface area contributed by atoms with E-state index in [1.807, 2.05) is 0 Å². The Morgan fingerprint density at radius 2 is 2.10 bits per heavy atom. The Kier molecular flexibility index (Phi) is 4.07. The molecule has 0 saturated heterocycles. The SMILES string of the molecule is CC=CC=C(C)[SiH]1C2=C(C=CC=CC2)Oc2ccccc21. The zero-order valence-electron chi connectivity index (χ0n) is 12.5. The summed E-state index contributed by atoms with van der Waals surface area (Å²) in [5.74, 6) is 2.09. The van der Waals surface area contributed by atoms with Crippen molar-refractivity contribution < 1.29 is 4.74 Å². The molecule has 1 aromatic rings. The molecule has 1 unspecified atom stereocenters. The summed E-state index contributed by atoms with van der Waals surface area (Å²) in [5.41, 5.74) is 0. The van der Waals surface area contributed by atoms with Gasteiger partial charge in [-0.1, -0.05) is 59.9 Å². The summed E-state index contributed by atoms with van der Waals surface area (Å²) in [6.45, 7) is 4.33. The van der Waals surface area contributed by atoms with Gasteiger partial charge in [0.15, 0.2) is 0 Å². The van der Waals surface area contributed by atoms with Crippen molar-refractivity contribution in [3.05, 3.63) is 82.9 Å². The molecule has 106 valence electrons. The number of fused-ring (bicyclic) bond motifs is 1. The summed E-state index contributed by atoms with van der Waals surface area (Å²) in [6.07, 6.45) is 16.0. The highest BCUT2D eigenvalue weighted by Crippen LogP contribution is 2.30. The molecule has 0 bridgehead atoms. The third-order valence-corrected chi connectivity index (χ3v) is 7.37. The van der Waals surface area contributed by atoms with Crippen LogP contribution in [-0.4, -0.2) is 8.80 Å². The monoisotopic (exact) mass is 292 g/mol. The van der Waals surface area contributed by atoms with E-state index in [0.717, 1.165) is 17.9 Å². The lowest BCUT2D eigenvalue weighted by Crippen LogP contribution is -2.39. The number of para-hydroxylation sites is 1. The van der Waals surface area contributed by atoms with Gasteiger partial charge in [-0.05, 0) is 42.8 Å². The van der Waals surface area contributed by atoms with Crippen LogP contribution in [0.4, 0.5) is 0 Å². The van der Waals surface area contributed by atoms with Gasteiger partial charge in [0.05, 0.1) is 0 Å². The van der Waals surface area contributed by atoms with Gasteiger partial charge in [-0.2, -0.15) is 0 Å². The molecule has 1 aliphatic heterocycles. The molecule has 2 heteroatoms. The average molecular weight is 292 g/mol. The van der Waals surface area contributed by atoms with Crippen LogP contribution in [0.1, 0.15) is 20.3 Å². The van der Waals surface area contributed by atoms with Crippen molar-refractivity contribution in [3.63, 3.8) is 0 Å². The van der Waals surface area contributed by atoms with E-state index < -0.39 is 8.80 Å². The second-order valence-electron chi connectivity index (χ2n) is 5.39. The first-order chi connectivity index (χ1) is 10.3. The summed E-state index contributed by atoms with van der Waals surface area (Å²) in [7, 11) is -1.36. The maximum atomic E-state index is 6.14. The molecular formula is C19H20OSi. The molecule has 0 fully saturated rings. The number of rotatable bonds is 2. The number of benzene rings is 1. The fourth-order valence-corrected chi connectivity index (χ4v) is 6.24. The highest BCUT2D eigenvalue weighted by molar-refractivity contribution is 6.86. The standard InChI is InChI=1S/C19H20OSi/c1-3-4-10-15(2)21-18-13-7-5-6-11-16(18)20-17-12-8-9-14-19(17)21/h3-12,14,21H,13H2,1-2H3. The number of allylic oxidation sites excluding steroid dienone is 9. The summed E-state index contributed by atoms with van der Waals surface area (Å²) >= 11 is 0. The van der Waals surface area contributed by atoms with Crippen LogP contribution in [0.15, 0.2) is 82.9 Å². The number of hydrogen-bond acceptors (Lipinski definition) is 1. The lowest BCUT2D eigenvalue weighted by molar-refractivity contribution is 0.440. The third kappa shape index (κ3) is 2.72. The van der Waals surface area contributed by atoms with E-state index in [0.29, 0.717) is 0 Å². The lowest BCUT2D eigenvalue weighted by atomic mass is 10.3. The molecule has 21 heavy (non-hydrogen) atoms. The van der Waals surface area contributed by atoms with Gasteiger partial charge in [-0.15, -0.1) is 0 Å². The molecular weight excluding hydrogens is 272 g/mol. The second-order valence-corrected chi connectivity index (χ2v) is 8.49. The first-order valence-electron chi connectivity index (χ1n) is 7.43. The summed E-state index contributed by atoms with van der Waals surface area (Å²) < 4.78 is 6.14. The summed E-state index contributed by atoms with van der Waals surface area (Å²) in [6, 6.07) is 8.51. The highest BCUT2D eigenvalue weighted by atomic mass is 28.3. The van der Waals surface area contributed by atoms with Crippen molar-refractivity contribution in [3.8, 4) is 5.75 Å². The molecule has 1 aromatic carbocycles. The van der Waals surface area contributed by atoms with E-state index >= 15 is 0 Å². The van der Waals surface area contributed by atoms with Gasteiger partial charge in [0.1, 0.15) is 20.3 Å². The van der Waals surface area contributed by atoms with Gasteiger partial charge in [-0.25, -0.2) is 0 Å². The van der Waals surface area contributed by atoms with Crippen molar-refractivity contribution in [2.24, 2.45) is 0 Å². The predicted octanol–water partition coefficient (Wildman–Crippen LogP) is 3.88. The fourth-order valence-electron chi connectivity index (χ4n) is 2.97. The van der Waals surface area contributed by atoms with Gasteiger partial charge in [0, 0.05) is 0 Å². The highest BCUT2D eigenvalue weighted by Gasteiger charge is 2.30. The zero-order chi connectivity index (χ0) is 14.7. The van der Waals surface area contributed by atoms with Crippen LogP contribution < -0.4 is 9.92 Å². The Hall–Kier alpha value is -2.06. The molecule has 1 nitrogen and oxygen atoms in total. The van der Waals surface area contributed by atoms with Crippen LogP contribution in [0, 0.1) is 0 Å². The minimum atomic E-state index is -1.36. The van der Waals surface area contributed by atoms with Crippen molar-refractivity contribution >= 4 is 14.0 Å². The summed E-state index contributed by atoms with van der Waals surface area (Å²) in [4.78, 5) is 0. The minimum Gasteiger partial charge on any atom is -0.458 e. The number of hydrogen-bond donors (Lipinski definition) is 0. The van der Waals surface area contributed by atoms with Crippen LogP contribution in [0.25, 0.3) is 0 Å². The third-order valence-electron chi connectivity index (χ3n) is 3.95. The first kappa shape index (κ1) is 13.9. The molecule has 3 rings (SSSR count). The quantitative estimate of drug-likeness (QED) is 0.593. The molecule has 0 saturated carbocycles. The zero-order valence-corrected chi connectivity index (χ0v) is 13.7. The molecule has 0 aromatic heterocycles. The van der Waals surface area contributed by atoms with Crippen LogP contribution in [0.5, 0.6) is 5.75 Å². The van der Waals surface area contributed by atoms with E-state index in [9.17, 15) is 0 Å². The van der Waals surface area contributed by atoms with Crippen molar-refractivity contribution in [1.29, 1.82) is 0 Å². The summed E-state index contributed by atoms with van der Waals surface area (Å²) in [5, 5.41) is 4.37. The topological polar surface area (TPSA) is 9.23 Å². The van der Waals surface area contributed by atoms with Crippen LogP contribution in [0.3, 0.4) is 0 Å². The van der Waals surface area contributed by atoms with Crippen LogP contribution >= 0.6 is 0 Å². The molecule has 1 atom stereocenters. The molecule has 1 heterocycles. The van der Waals surface area contributed by atoms with Crippen molar-refractivity contribution in [1.82, 2.24) is 0 Å². The molecule has 0 radical (unpaired) electrons. The first-order valence-corrected chi connectivity index (χ1v) is 9.17. The van der Waals surface area contributed by atoms with Crippen molar-refractivity contribution in [2.75, 3.05) is 0 Å². The molecule has 1 aliphatic carbocycles. The van der Waals surface area contributed by atoms with Gasteiger partial charge in [0.2, 0.25) is 0 Å². The van der Waals surface area contributed by atoms with Crippen molar-refractivity contribution in [2.45, 2.75) is 20.3 Å². The maximum Gasteiger partial charge on any atom is 0.133 e. The van der Waals surface area contributed by atoms with Gasteiger partial charge in [0.25, 0.3) is 0 Å². The fraction of sp³-hybridized carbons (Fsp3) is 0.158. The Balaban J connectivity index is 2.14. The molecule has 0 N–H and O–H groups in total. The van der Waals surface area contributed by atoms with E-state index in [1.54, 1.807) is 0 Å². The lowest BCUT2D eigenvalue weighted by Gasteiger charge is -2.29. The van der Waals surface area contributed by atoms with Gasteiger partial charge < -0.3 is 4.74 Å². The largest absolute Gasteiger partial charge is 0.458 e. The maximum absolute atomic E-state index is 6.14. The average Bonchev–Trinajstić information content (AvgIpc) is 2.75. The number of ether oxygens (including phenoxy) is 1. The molecule has 0 spiro atoms. The van der Waals surface area contributed by atoms with Gasteiger partial charge in [-0.3, -0.25) is 0 Å². The van der Waals surface area contributed by atoms with Crippen LogP contribution in [0.2, 0.25) is 0 Å². The predicted molar refractivity (Wildman–Crippen MR) is 92.3 cm³/mol. The van der Waals surface area contributed by atoms with E-state index in [-0.39, 0.29) is 0 Å². The van der Waals surface area contributed by atoms with Crippen LogP contribution in [-0.2, 0) is 0 Å². The molecule has 2 aliphatic rings. The minimum absolute atomic E-state index is 0.995.